The second kappa shape index (κ2) is 9.18. The molecule has 9 nitrogen and oxygen atoms in total. The van der Waals surface area contributed by atoms with Crippen LogP contribution in [0.2, 0.25) is 0 Å². The number of halogens is 2. The fourth-order valence-corrected chi connectivity index (χ4v) is 5.68. The first kappa shape index (κ1) is 25.0. The molecule has 1 N–H and O–H groups in total. The monoisotopic (exact) mass is 532 g/mol. The van der Waals surface area contributed by atoms with Crippen molar-refractivity contribution in [1.82, 2.24) is 39.4 Å². The van der Waals surface area contributed by atoms with E-state index in [9.17, 15) is 13.6 Å². The van der Waals surface area contributed by atoms with Gasteiger partial charge in [-0.25, -0.2) is 18.7 Å². The van der Waals surface area contributed by atoms with Gasteiger partial charge in [0.15, 0.2) is 0 Å². The van der Waals surface area contributed by atoms with Crippen LogP contribution in [0.25, 0.3) is 33.4 Å². The molecule has 6 rings (SSSR count). The molecule has 0 aliphatic carbocycles. The Morgan fingerprint density at radius 3 is 2.62 bits per heavy atom. The van der Waals surface area contributed by atoms with Gasteiger partial charge in [-0.3, -0.25) is 9.48 Å². The van der Waals surface area contributed by atoms with E-state index >= 15 is 0 Å². The Balaban J connectivity index is 1.53. The summed E-state index contributed by atoms with van der Waals surface area (Å²) in [6.45, 7) is 7.77. The van der Waals surface area contributed by atoms with Crippen molar-refractivity contribution in [2.75, 3.05) is 27.2 Å². The Kier molecular flexibility index (Phi) is 5.89. The molecular weight excluding hydrogens is 502 g/mol. The van der Waals surface area contributed by atoms with Crippen LogP contribution in [0.1, 0.15) is 42.4 Å². The zero-order valence-corrected chi connectivity index (χ0v) is 22.3. The lowest BCUT2D eigenvalue weighted by Gasteiger charge is -2.42. The molecule has 202 valence electrons. The molecule has 1 saturated heterocycles. The number of imidazole rings is 1. The summed E-state index contributed by atoms with van der Waals surface area (Å²) in [6, 6.07) is 6.70. The van der Waals surface area contributed by atoms with Gasteiger partial charge in [-0.15, -0.1) is 0 Å². The Morgan fingerprint density at radius 1 is 1.18 bits per heavy atom. The molecule has 4 aromatic rings. The fraction of sp³-hybridized carbons (Fsp3) is 0.357. The van der Waals surface area contributed by atoms with E-state index < -0.39 is 12.5 Å². The van der Waals surface area contributed by atoms with Crippen molar-refractivity contribution in [1.29, 1.82) is 0 Å². The zero-order chi connectivity index (χ0) is 27.6. The first-order valence-corrected chi connectivity index (χ1v) is 12.9. The van der Waals surface area contributed by atoms with Crippen molar-refractivity contribution < 1.29 is 13.6 Å². The lowest BCUT2D eigenvalue weighted by molar-refractivity contribution is -0.135. The first-order chi connectivity index (χ1) is 18.7. The number of fused-ring (bicyclic) bond motifs is 2. The van der Waals surface area contributed by atoms with Gasteiger partial charge in [0.2, 0.25) is 5.91 Å². The highest BCUT2D eigenvalue weighted by Crippen LogP contribution is 2.41. The molecule has 2 aliphatic heterocycles. The van der Waals surface area contributed by atoms with Gasteiger partial charge in [0, 0.05) is 62.5 Å². The average Bonchev–Trinajstić information content (AvgIpc) is 3.48. The molecule has 11 heteroatoms. The topological polar surface area (TPSA) is 84.1 Å². The van der Waals surface area contributed by atoms with E-state index in [1.807, 2.05) is 36.7 Å². The van der Waals surface area contributed by atoms with Gasteiger partial charge in [-0.05, 0) is 19.1 Å². The molecule has 0 bridgehead atoms. The standard InChI is InChI=1S/C28H30F2N8O/c1-15-28(39)35(4)14-23-25(34-27(38(15)23)18-12-37(13-18)16(2)31-3)19-7-6-8-22-20(19)9-21(26(29)30)24(33-22)17-10-32-36(5)11-17/h6-11,15,18,26,31H,2,12-14H2,1,3-5H3/t15-/m1/s1. The van der Waals surface area contributed by atoms with E-state index in [4.69, 9.17) is 4.98 Å². The number of carbonyl (C=O) groups excluding carboxylic acids is 1. The number of benzene rings is 1. The third-order valence-corrected chi connectivity index (χ3v) is 7.82. The third kappa shape index (κ3) is 3.95. The molecular formula is C28H30F2N8O. The number of pyridine rings is 1. The molecule has 5 heterocycles. The maximum atomic E-state index is 14.3. The van der Waals surface area contributed by atoms with Crippen LogP contribution >= 0.6 is 0 Å². The van der Waals surface area contributed by atoms with Crippen LogP contribution in [0.15, 0.2) is 49.1 Å². The normalized spacial score (nSPS) is 17.6. The van der Waals surface area contributed by atoms with Crippen molar-refractivity contribution in [2.24, 2.45) is 7.05 Å². The van der Waals surface area contributed by atoms with Crippen LogP contribution in [-0.2, 0) is 18.4 Å². The molecule has 1 atom stereocenters. The van der Waals surface area contributed by atoms with Crippen molar-refractivity contribution in [3.8, 4) is 22.5 Å². The molecule has 0 spiro atoms. The van der Waals surface area contributed by atoms with Crippen LogP contribution in [-0.4, -0.2) is 67.2 Å². The van der Waals surface area contributed by atoms with Crippen molar-refractivity contribution in [3.63, 3.8) is 0 Å². The minimum absolute atomic E-state index is 0.0178. The molecule has 0 saturated carbocycles. The molecule has 1 amide bonds. The summed E-state index contributed by atoms with van der Waals surface area (Å²) >= 11 is 0. The highest BCUT2D eigenvalue weighted by atomic mass is 19.3. The van der Waals surface area contributed by atoms with Gasteiger partial charge < -0.3 is 19.7 Å². The number of aromatic nitrogens is 5. The van der Waals surface area contributed by atoms with Crippen LogP contribution in [0.4, 0.5) is 8.78 Å². The molecule has 1 aromatic carbocycles. The first-order valence-electron chi connectivity index (χ1n) is 12.9. The van der Waals surface area contributed by atoms with Crippen LogP contribution in [0, 0.1) is 0 Å². The minimum atomic E-state index is -2.72. The van der Waals surface area contributed by atoms with E-state index in [0.29, 0.717) is 28.7 Å². The number of nitrogens with zero attached hydrogens (tertiary/aromatic N) is 7. The quantitative estimate of drug-likeness (QED) is 0.403. The number of aryl methyl sites for hydroxylation is 1. The predicted octanol–water partition coefficient (Wildman–Crippen LogP) is 4.06. The Morgan fingerprint density at radius 2 is 1.95 bits per heavy atom. The highest BCUT2D eigenvalue weighted by Gasteiger charge is 2.39. The molecule has 0 unspecified atom stereocenters. The number of alkyl halides is 2. The second-order valence-corrected chi connectivity index (χ2v) is 10.3. The Labute approximate surface area is 224 Å². The van der Waals surface area contributed by atoms with Crippen molar-refractivity contribution >= 4 is 16.8 Å². The van der Waals surface area contributed by atoms with E-state index in [1.54, 1.807) is 36.1 Å². The minimum Gasteiger partial charge on any atom is -0.375 e. The fourth-order valence-electron chi connectivity index (χ4n) is 5.68. The zero-order valence-electron chi connectivity index (χ0n) is 22.3. The number of likely N-dealkylation sites (tertiary alicyclic amines) is 1. The number of rotatable bonds is 6. The van der Waals surface area contributed by atoms with E-state index in [-0.39, 0.29) is 23.1 Å². The molecule has 39 heavy (non-hydrogen) atoms. The summed E-state index contributed by atoms with van der Waals surface area (Å²) in [5.41, 5.74) is 3.50. The summed E-state index contributed by atoms with van der Waals surface area (Å²) in [4.78, 5) is 26.6. The Hall–Kier alpha value is -4.28. The number of carbonyl (C=O) groups is 1. The lowest BCUT2D eigenvalue weighted by atomic mass is 9.98. The Bertz CT molecular complexity index is 1620. The van der Waals surface area contributed by atoms with E-state index in [1.165, 1.54) is 6.07 Å². The van der Waals surface area contributed by atoms with Crippen molar-refractivity contribution in [2.45, 2.75) is 31.9 Å². The second-order valence-electron chi connectivity index (χ2n) is 10.3. The number of hydrogen-bond donors (Lipinski definition) is 1. The summed E-state index contributed by atoms with van der Waals surface area (Å²) < 4.78 is 32.3. The van der Waals surface area contributed by atoms with Gasteiger partial charge in [0.05, 0.1) is 47.1 Å². The number of amides is 1. The van der Waals surface area contributed by atoms with E-state index in [2.05, 4.69) is 26.9 Å². The lowest BCUT2D eigenvalue weighted by Crippen LogP contribution is -2.48. The maximum Gasteiger partial charge on any atom is 0.265 e. The van der Waals surface area contributed by atoms with Gasteiger partial charge >= 0.3 is 0 Å². The highest BCUT2D eigenvalue weighted by molar-refractivity contribution is 5.96. The third-order valence-electron chi connectivity index (χ3n) is 7.82. The molecule has 2 aliphatic rings. The predicted molar refractivity (Wildman–Crippen MR) is 144 cm³/mol. The number of nitrogens with one attached hydrogen (secondary N) is 1. The van der Waals surface area contributed by atoms with Crippen LogP contribution in [0.3, 0.4) is 0 Å². The summed E-state index contributed by atoms with van der Waals surface area (Å²) in [6.07, 6.45) is 0.503. The van der Waals surface area contributed by atoms with Crippen LogP contribution in [0.5, 0.6) is 0 Å². The van der Waals surface area contributed by atoms with E-state index in [0.717, 1.165) is 36.0 Å². The van der Waals surface area contributed by atoms with Gasteiger partial charge in [0.25, 0.3) is 6.43 Å². The van der Waals surface area contributed by atoms with Gasteiger partial charge in [-0.1, -0.05) is 18.7 Å². The smallest absolute Gasteiger partial charge is 0.265 e. The van der Waals surface area contributed by atoms with Crippen LogP contribution < -0.4 is 5.32 Å². The van der Waals surface area contributed by atoms with Gasteiger partial charge in [-0.2, -0.15) is 5.10 Å². The van der Waals surface area contributed by atoms with Gasteiger partial charge in [0.1, 0.15) is 11.9 Å². The number of likely N-dealkylation sites (N-methyl/N-ethyl adjacent to an activating group) is 1. The maximum absolute atomic E-state index is 14.3. The molecule has 3 aromatic heterocycles. The van der Waals surface area contributed by atoms with Crippen molar-refractivity contribution in [3.05, 3.63) is 66.1 Å². The summed E-state index contributed by atoms with van der Waals surface area (Å²) in [7, 11) is 5.35. The SMILES string of the molecule is C=C(NC)N1CC(c2nc(-c3cccc4nc(-c5cnn(C)c5)c(C(F)F)cc34)c3n2[C@H](C)C(=O)N(C)C3)C1. The summed E-state index contributed by atoms with van der Waals surface area (Å²) in [5, 5.41) is 7.81. The number of hydrogen-bond acceptors (Lipinski definition) is 6. The molecule has 0 radical (unpaired) electrons. The summed E-state index contributed by atoms with van der Waals surface area (Å²) in [5.74, 6) is 1.80. The average molecular weight is 533 g/mol. The molecule has 1 fully saturated rings. The largest absolute Gasteiger partial charge is 0.375 e.